The summed E-state index contributed by atoms with van der Waals surface area (Å²) in [5.41, 5.74) is -0.652. The number of aliphatic hydroxyl groups excluding tert-OH is 1. The van der Waals surface area contributed by atoms with Gasteiger partial charge >= 0.3 is 6.09 Å². The standard InChI is InChI=1S/C28H37N3O8S/c1-18(2)15-22(26(33)30-23(27(34)40(36,37)38)17-21-13-14-29-25(21)32)31-28(35)39-24(20-11-7-4-8-12-20)16-19-9-5-3-6-10-19/h3-12,18,21-24,27,34H,13-17H2,1-2H3,(H,29,32)(H,30,33)(H,31,35)(H,36,37,38)/t21-,22?,23?,24?,27?/m0/s1. The van der Waals surface area contributed by atoms with Gasteiger partial charge in [0.15, 0.2) is 0 Å². The third-order valence-electron chi connectivity index (χ3n) is 6.68. The van der Waals surface area contributed by atoms with Gasteiger partial charge in [-0.25, -0.2) is 4.79 Å². The number of alkyl carbamates (subject to hydrolysis) is 1. The molecule has 1 saturated heterocycles. The second-order valence-electron chi connectivity index (χ2n) is 10.4. The van der Waals surface area contributed by atoms with Crippen molar-refractivity contribution >= 4 is 28.0 Å². The predicted octanol–water partition coefficient (Wildman–Crippen LogP) is 2.33. The molecule has 2 aromatic rings. The van der Waals surface area contributed by atoms with E-state index in [-0.39, 0.29) is 24.7 Å². The van der Waals surface area contributed by atoms with Crippen molar-refractivity contribution in [3.8, 4) is 0 Å². The van der Waals surface area contributed by atoms with E-state index in [1.807, 2.05) is 74.5 Å². The lowest BCUT2D eigenvalue weighted by atomic mass is 9.97. The average Bonchev–Trinajstić information content (AvgIpc) is 3.31. The highest BCUT2D eigenvalue weighted by Gasteiger charge is 2.38. The minimum atomic E-state index is -4.96. The molecule has 218 valence electrons. The fourth-order valence-corrected chi connectivity index (χ4v) is 5.24. The Kier molecular flexibility index (Phi) is 11.1. The third kappa shape index (κ3) is 9.32. The van der Waals surface area contributed by atoms with Gasteiger partial charge < -0.3 is 25.8 Å². The van der Waals surface area contributed by atoms with E-state index in [4.69, 9.17) is 4.74 Å². The van der Waals surface area contributed by atoms with Crippen LogP contribution in [-0.2, 0) is 30.9 Å². The number of carbonyl (C=O) groups excluding carboxylic acids is 3. The molecule has 0 bridgehead atoms. The summed E-state index contributed by atoms with van der Waals surface area (Å²) in [6.45, 7) is 4.05. The number of benzene rings is 2. The van der Waals surface area contributed by atoms with E-state index in [2.05, 4.69) is 16.0 Å². The van der Waals surface area contributed by atoms with Crippen LogP contribution in [0.15, 0.2) is 60.7 Å². The van der Waals surface area contributed by atoms with Gasteiger partial charge in [-0.05, 0) is 36.3 Å². The molecule has 1 aliphatic rings. The number of amides is 3. The summed E-state index contributed by atoms with van der Waals surface area (Å²) in [6, 6.07) is 16.0. The number of rotatable bonds is 13. The largest absolute Gasteiger partial charge is 0.441 e. The van der Waals surface area contributed by atoms with Crippen molar-refractivity contribution in [2.45, 2.75) is 63.2 Å². The molecule has 1 fully saturated rings. The normalized spacial score (nSPS) is 18.3. The van der Waals surface area contributed by atoms with Gasteiger partial charge in [-0.15, -0.1) is 0 Å². The number of hydrogen-bond acceptors (Lipinski definition) is 7. The molecule has 0 spiro atoms. The van der Waals surface area contributed by atoms with Crippen LogP contribution in [0.2, 0.25) is 0 Å². The summed E-state index contributed by atoms with van der Waals surface area (Å²) in [4.78, 5) is 38.4. The van der Waals surface area contributed by atoms with Crippen molar-refractivity contribution in [1.29, 1.82) is 0 Å². The smallest absolute Gasteiger partial charge is 0.408 e. The van der Waals surface area contributed by atoms with E-state index in [1.54, 1.807) is 0 Å². The molecule has 0 saturated carbocycles. The van der Waals surface area contributed by atoms with Gasteiger partial charge in [-0.1, -0.05) is 74.5 Å². The summed E-state index contributed by atoms with van der Waals surface area (Å²) in [6.07, 6.45) is -0.774. The fourth-order valence-electron chi connectivity index (χ4n) is 4.65. The Balaban J connectivity index is 1.75. The highest BCUT2D eigenvalue weighted by Crippen LogP contribution is 2.23. The van der Waals surface area contributed by atoms with E-state index < -0.39 is 51.7 Å². The van der Waals surface area contributed by atoms with Crippen molar-refractivity contribution in [3.05, 3.63) is 71.8 Å². The Morgan fingerprint density at radius 1 is 1.05 bits per heavy atom. The molecule has 0 aliphatic carbocycles. The Bertz CT molecular complexity index is 1240. The van der Waals surface area contributed by atoms with Crippen LogP contribution in [0, 0.1) is 11.8 Å². The minimum absolute atomic E-state index is 0.0594. The van der Waals surface area contributed by atoms with E-state index in [0.717, 1.165) is 11.1 Å². The number of carbonyl (C=O) groups is 3. The quantitative estimate of drug-likeness (QED) is 0.227. The lowest BCUT2D eigenvalue weighted by Crippen LogP contribution is -2.55. The lowest BCUT2D eigenvalue weighted by molar-refractivity contribution is -0.126. The number of ether oxygens (including phenoxy) is 1. The highest BCUT2D eigenvalue weighted by molar-refractivity contribution is 7.86. The molecule has 3 amide bonds. The molecule has 4 unspecified atom stereocenters. The zero-order chi connectivity index (χ0) is 29.3. The van der Waals surface area contributed by atoms with Crippen LogP contribution in [0.4, 0.5) is 4.79 Å². The molecule has 11 nitrogen and oxygen atoms in total. The van der Waals surface area contributed by atoms with Crippen LogP contribution < -0.4 is 16.0 Å². The average molecular weight is 576 g/mol. The second-order valence-corrected chi connectivity index (χ2v) is 11.9. The molecule has 5 N–H and O–H groups in total. The van der Waals surface area contributed by atoms with Gasteiger partial charge in [0.05, 0.1) is 6.04 Å². The van der Waals surface area contributed by atoms with E-state index in [9.17, 15) is 32.5 Å². The second kappa shape index (κ2) is 14.2. The molecule has 3 rings (SSSR count). The predicted molar refractivity (Wildman–Crippen MR) is 147 cm³/mol. The number of aliphatic hydroxyl groups is 1. The van der Waals surface area contributed by atoms with E-state index >= 15 is 0 Å². The van der Waals surface area contributed by atoms with Crippen LogP contribution in [0.3, 0.4) is 0 Å². The van der Waals surface area contributed by atoms with Crippen LogP contribution >= 0.6 is 0 Å². The monoisotopic (exact) mass is 575 g/mol. The first-order valence-corrected chi connectivity index (χ1v) is 14.7. The van der Waals surface area contributed by atoms with Gasteiger partial charge in [0, 0.05) is 18.9 Å². The number of hydrogen-bond donors (Lipinski definition) is 5. The molecular formula is C28H37N3O8S. The van der Waals surface area contributed by atoms with Crippen molar-refractivity contribution in [1.82, 2.24) is 16.0 Å². The third-order valence-corrected chi connectivity index (χ3v) is 7.62. The van der Waals surface area contributed by atoms with Crippen molar-refractivity contribution < 1.29 is 37.2 Å². The first-order valence-electron chi connectivity index (χ1n) is 13.2. The number of nitrogens with one attached hydrogen (secondary N) is 3. The molecule has 40 heavy (non-hydrogen) atoms. The van der Waals surface area contributed by atoms with Crippen LogP contribution in [0.5, 0.6) is 0 Å². The van der Waals surface area contributed by atoms with E-state index in [0.29, 0.717) is 19.4 Å². The molecule has 1 aliphatic heterocycles. The zero-order valence-electron chi connectivity index (χ0n) is 22.5. The summed E-state index contributed by atoms with van der Waals surface area (Å²) in [5.74, 6) is -1.84. The fraction of sp³-hybridized carbons (Fsp3) is 0.464. The maximum atomic E-state index is 13.3. The molecular weight excluding hydrogens is 538 g/mol. The van der Waals surface area contributed by atoms with Crippen molar-refractivity contribution in [2.75, 3.05) is 6.54 Å². The SMILES string of the molecule is CC(C)CC(NC(=O)OC(Cc1ccccc1)c1ccccc1)C(=O)NC(C[C@@H]1CCNC1=O)C(O)S(=O)(=O)O. The minimum Gasteiger partial charge on any atom is -0.441 e. The van der Waals surface area contributed by atoms with Gasteiger partial charge in [-0.3, -0.25) is 14.1 Å². The first kappa shape index (κ1) is 31.1. The molecule has 1 heterocycles. The Hall–Kier alpha value is -3.48. The summed E-state index contributed by atoms with van der Waals surface area (Å²) in [5, 5.41) is 17.9. The Labute approximate surface area is 234 Å². The Morgan fingerprint density at radius 2 is 1.68 bits per heavy atom. The van der Waals surface area contributed by atoms with Gasteiger partial charge in [-0.2, -0.15) is 8.42 Å². The van der Waals surface area contributed by atoms with E-state index in [1.165, 1.54) is 0 Å². The molecule has 12 heteroatoms. The van der Waals surface area contributed by atoms with Crippen LogP contribution in [0.1, 0.15) is 50.3 Å². The van der Waals surface area contributed by atoms with Crippen molar-refractivity contribution in [2.24, 2.45) is 11.8 Å². The first-order chi connectivity index (χ1) is 18.9. The molecule has 0 aromatic heterocycles. The molecule has 0 radical (unpaired) electrons. The van der Waals surface area contributed by atoms with Gasteiger partial charge in [0.2, 0.25) is 17.3 Å². The summed E-state index contributed by atoms with van der Waals surface area (Å²) >= 11 is 0. The molecule has 2 aromatic carbocycles. The Morgan fingerprint density at radius 3 is 2.23 bits per heavy atom. The summed E-state index contributed by atoms with van der Waals surface area (Å²) < 4.78 is 38.6. The van der Waals surface area contributed by atoms with Crippen molar-refractivity contribution in [3.63, 3.8) is 0 Å². The summed E-state index contributed by atoms with van der Waals surface area (Å²) in [7, 11) is -4.96. The van der Waals surface area contributed by atoms with Gasteiger partial charge in [0.1, 0.15) is 12.1 Å². The lowest BCUT2D eigenvalue weighted by Gasteiger charge is -2.28. The molecule has 5 atom stereocenters. The zero-order valence-corrected chi connectivity index (χ0v) is 23.3. The maximum absolute atomic E-state index is 13.3. The van der Waals surface area contributed by atoms with Crippen LogP contribution in [-0.4, -0.2) is 60.0 Å². The highest BCUT2D eigenvalue weighted by atomic mass is 32.2. The van der Waals surface area contributed by atoms with Gasteiger partial charge in [0.25, 0.3) is 10.1 Å². The maximum Gasteiger partial charge on any atom is 0.408 e. The topological polar surface area (TPSA) is 171 Å². The van der Waals surface area contributed by atoms with Crippen LogP contribution in [0.25, 0.3) is 0 Å².